The number of nitrogens with one attached hydrogen (secondary N) is 1. The zero-order chi connectivity index (χ0) is 14.8. The van der Waals surface area contributed by atoms with Crippen LogP contribution in [0.15, 0.2) is 28.7 Å². The summed E-state index contributed by atoms with van der Waals surface area (Å²) in [6.45, 7) is 2.11. The van der Waals surface area contributed by atoms with Crippen molar-refractivity contribution in [2.24, 2.45) is 5.92 Å². The summed E-state index contributed by atoms with van der Waals surface area (Å²) in [6, 6.07) is 4.74. The first-order valence-electron chi connectivity index (χ1n) is 6.94. The Hall–Kier alpha value is -0.550. The van der Waals surface area contributed by atoms with Crippen LogP contribution in [0.1, 0.15) is 44.2 Å². The van der Waals surface area contributed by atoms with Crippen LogP contribution in [0, 0.1) is 5.92 Å². The van der Waals surface area contributed by atoms with E-state index in [1.54, 1.807) is 12.1 Å². The second kappa shape index (κ2) is 6.48. The molecule has 1 saturated carbocycles. The SMILES string of the molecule is C[C@@H]1CCC[C@H](N[C@H](c2ccc(Br)cc2)C(F)(F)F)C1. The monoisotopic (exact) mass is 349 g/mol. The summed E-state index contributed by atoms with van der Waals surface area (Å²) < 4.78 is 40.6. The molecule has 1 fully saturated rings. The van der Waals surface area contributed by atoms with Crippen LogP contribution in [0.4, 0.5) is 13.2 Å². The lowest BCUT2D eigenvalue weighted by Gasteiger charge is -2.32. The van der Waals surface area contributed by atoms with Crippen LogP contribution in [0.25, 0.3) is 0 Å². The molecule has 0 aliphatic heterocycles. The van der Waals surface area contributed by atoms with Gasteiger partial charge in [-0.25, -0.2) is 0 Å². The predicted octanol–water partition coefficient (Wildman–Crippen LogP) is 5.22. The summed E-state index contributed by atoms with van der Waals surface area (Å²) in [5.41, 5.74) is 0.277. The van der Waals surface area contributed by atoms with Crippen molar-refractivity contribution in [1.29, 1.82) is 0 Å². The lowest BCUT2D eigenvalue weighted by atomic mass is 9.86. The van der Waals surface area contributed by atoms with Crippen LogP contribution in [-0.2, 0) is 0 Å². The fourth-order valence-corrected chi connectivity index (χ4v) is 3.12. The quantitative estimate of drug-likeness (QED) is 0.788. The highest BCUT2D eigenvalue weighted by molar-refractivity contribution is 9.10. The molecule has 5 heteroatoms. The van der Waals surface area contributed by atoms with Crippen LogP contribution < -0.4 is 5.32 Å². The molecule has 2 rings (SSSR count). The number of alkyl halides is 3. The van der Waals surface area contributed by atoms with Crippen molar-refractivity contribution in [3.8, 4) is 0 Å². The van der Waals surface area contributed by atoms with Gasteiger partial charge in [0.15, 0.2) is 0 Å². The van der Waals surface area contributed by atoms with E-state index in [0.717, 1.165) is 30.2 Å². The first kappa shape index (κ1) is 15.8. The van der Waals surface area contributed by atoms with E-state index >= 15 is 0 Å². The van der Waals surface area contributed by atoms with E-state index in [2.05, 4.69) is 28.2 Å². The Morgan fingerprint density at radius 3 is 2.40 bits per heavy atom. The molecule has 0 unspecified atom stereocenters. The standard InChI is InChI=1S/C15H19BrF3N/c1-10-3-2-4-13(9-10)20-14(15(17,18)19)11-5-7-12(16)8-6-11/h5-8,10,13-14,20H,2-4,9H2,1H3/t10-,13+,14-/m1/s1. The van der Waals surface area contributed by atoms with E-state index in [-0.39, 0.29) is 11.6 Å². The number of rotatable bonds is 3. The Labute approximate surface area is 126 Å². The Kier molecular flexibility index (Phi) is 5.13. The molecular weight excluding hydrogens is 331 g/mol. The Bertz CT molecular complexity index is 430. The third-order valence-electron chi connectivity index (χ3n) is 3.87. The molecule has 1 aromatic carbocycles. The third kappa shape index (κ3) is 4.22. The number of halogens is 4. The normalized spacial score (nSPS) is 25.4. The first-order chi connectivity index (χ1) is 9.36. The van der Waals surface area contributed by atoms with E-state index in [1.807, 2.05) is 0 Å². The molecule has 0 bridgehead atoms. The molecule has 1 aromatic rings. The van der Waals surface area contributed by atoms with Crippen LogP contribution in [0.3, 0.4) is 0 Å². The van der Waals surface area contributed by atoms with Crippen molar-refractivity contribution < 1.29 is 13.2 Å². The average molecular weight is 350 g/mol. The summed E-state index contributed by atoms with van der Waals surface area (Å²) in [7, 11) is 0. The van der Waals surface area contributed by atoms with Crippen LogP contribution in [0.5, 0.6) is 0 Å². The predicted molar refractivity (Wildman–Crippen MR) is 77.5 cm³/mol. The van der Waals surface area contributed by atoms with Gasteiger partial charge in [-0.15, -0.1) is 0 Å². The molecule has 1 N–H and O–H groups in total. The van der Waals surface area contributed by atoms with Gasteiger partial charge in [-0.05, 0) is 36.5 Å². The second-order valence-corrected chi connectivity index (χ2v) is 6.58. The molecule has 0 saturated heterocycles. The Morgan fingerprint density at radius 1 is 1.20 bits per heavy atom. The average Bonchev–Trinajstić information content (AvgIpc) is 2.36. The maximum Gasteiger partial charge on any atom is 0.407 e. The van der Waals surface area contributed by atoms with Gasteiger partial charge >= 0.3 is 6.18 Å². The maximum atomic E-state index is 13.3. The topological polar surface area (TPSA) is 12.0 Å². The van der Waals surface area contributed by atoms with Crippen LogP contribution in [-0.4, -0.2) is 12.2 Å². The van der Waals surface area contributed by atoms with Gasteiger partial charge in [0.1, 0.15) is 6.04 Å². The smallest absolute Gasteiger partial charge is 0.300 e. The molecule has 0 heterocycles. The minimum Gasteiger partial charge on any atom is -0.300 e. The van der Waals surface area contributed by atoms with Gasteiger partial charge < -0.3 is 0 Å². The number of benzene rings is 1. The highest BCUT2D eigenvalue weighted by atomic mass is 79.9. The van der Waals surface area contributed by atoms with Crippen molar-refractivity contribution >= 4 is 15.9 Å². The lowest BCUT2D eigenvalue weighted by molar-refractivity contribution is -0.160. The van der Waals surface area contributed by atoms with Crippen molar-refractivity contribution in [1.82, 2.24) is 5.32 Å². The molecule has 0 amide bonds. The van der Waals surface area contributed by atoms with Gasteiger partial charge in [0, 0.05) is 10.5 Å². The zero-order valence-electron chi connectivity index (χ0n) is 11.4. The molecule has 1 aliphatic carbocycles. The van der Waals surface area contributed by atoms with Crippen molar-refractivity contribution in [2.45, 2.75) is 50.9 Å². The second-order valence-electron chi connectivity index (χ2n) is 5.66. The summed E-state index contributed by atoms with van der Waals surface area (Å²) >= 11 is 3.25. The molecular formula is C15H19BrF3N. The van der Waals surface area contributed by atoms with Gasteiger partial charge in [-0.3, -0.25) is 5.32 Å². The molecule has 112 valence electrons. The van der Waals surface area contributed by atoms with Crippen LogP contribution in [0.2, 0.25) is 0 Å². The molecule has 0 spiro atoms. The summed E-state index contributed by atoms with van der Waals surface area (Å²) in [4.78, 5) is 0. The Balaban J connectivity index is 2.14. The van der Waals surface area contributed by atoms with Gasteiger partial charge in [0.25, 0.3) is 0 Å². The fraction of sp³-hybridized carbons (Fsp3) is 0.600. The molecule has 1 aliphatic rings. The van der Waals surface area contributed by atoms with E-state index in [0.29, 0.717) is 5.92 Å². The summed E-state index contributed by atoms with van der Waals surface area (Å²) in [6.07, 6.45) is -0.498. The minimum absolute atomic E-state index is 0.0472. The zero-order valence-corrected chi connectivity index (χ0v) is 13.0. The van der Waals surface area contributed by atoms with Gasteiger partial charge in [-0.2, -0.15) is 13.2 Å². The van der Waals surface area contributed by atoms with Crippen molar-refractivity contribution in [2.75, 3.05) is 0 Å². The molecule has 0 radical (unpaired) electrons. The van der Waals surface area contributed by atoms with Crippen LogP contribution >= 0.6 is 15.9 Å². The minimum atomic E-state index is -4.27. The highest BCUT2D eigenvalue weighted by Crippen LogP contribution is 2.35. The van der Waals surface area contributed by atoms with E-state index < -0.39 is 12.2 Å². The largest absolute Gasteiger partial charge is 0.407 e. The van der Waals surface area contributed by atoms with Gasteiger partial charge in [-0.1, -0.05) is 47.8 Å². The first-order valence-corrected chi connectivity index (χ1v) is 7.74. The summed E-state index contributed by atoms with van der Waals surface area (Å²) in [5.74, 6) is 0.500. The Morgan fingerprint density at radius 2 is 1.85 bits per heavy atom. The van der Waals surface area contributed by atoms with Gasteiger partial charge in [0.05, 0.1) is 0 Å². The van der Waals surface area contributed by atoms with E-state index in [9.17, 15) is 13.2 Å². The molecule has 3 atom stereocenters. The van der Waals surface area contributed by atoms with Crippen molar-refractivity contribution in [3.05, 3.63) is 34.3 Å². The van der Waals surface area contributed by atoms with Gasteiger partial charge in [0.2, 0.25) is 0 Å². The lowest BCUT2D eigenvalue weighted by Crippen LogP contribution is -2.42. The molecule has 20 heavy (non-hydrogen) atoms. The molecule has 1 nitrogen and oxygen atoms in total. The van der Waals surface area contributed by atoms with E-state index in [1.165, 1.54) is 12.1 Å². The fourth-order valence-electron chi connectivity index (χ4n) is 2.86. The van der Waals surface area contributed by atoms with E-state index in [4.69, 9.17) is 0 Å². The molecule has 0 aromatic heterocycles. The summed E-state index contributed by atoms with van der Waals surface area (Å²) in [5, 5.41) is 2.82. The third-order valence-corrected chi connectivity index (χ3v) is 4.40. The number of hydrogen-bond acceptors (Lipinski definition) is 1. The maximum absolute atomic E-state index is 13.3. The number of hydrogen-bond donors (Lipinski definition) is 1. The van der Waals surface area contributed by atoms with Crippen molar-refractivity contribution in [3.63, 3.8) is 0 Å². The highest BCUT2D eigenvalue weighted by Gasteiger charge is 2.42.